The molecule has 1 fully saturated rings. The van der Waals surface area contributed by atoms with Crippen LogP contribution in [-0.4, -0.2) is 43.3 Å². The van der Waals surface area contributed by atoms with E-state index in [9.17, 15) is 23.3 Å². The molecule has 0 bridgehead atoms. The zero-order chi connectivity index (χ0) is 14.2. The van der Waals surface area contributed by atoms with E-state index in [4.69, 9.17) is 0 Å². The van der Waals surface area contributed by atoms with Gasteiger partial charge in [-0.3, -0.25) is 14.9 Å². The standard InChI is InChI=1S/C10H10N2O6S/c1-18-10(13)9-6-11(9)19(16,17)8-4-2-7(3-5-8)12(14)15/h2-5,9H,6H2,1H3/t9-,11?/m1/s1. The summed E-state index contributed by atoms with van der Waals surface area (Å²) >= 11 is 0. The van der Waals surface area contributed by atoms with Crippen LogP contribution in [0.2, 0.25) is 0 Å². The fraction of sp³-hybridized carbons (Fsp3) is 0.300. The van der Waals surface area contributed by atoms with Crippen LogP contribution >= 0.6 is 0 Å². The van der Waals surface area contributed by atoms with E-state index in [1.165, 1.54) is 7.11 Å². The Balaban J connectivity index is 2.22. The molecule has 0 spiro atoms. The molecule has 0 radical (unpaired) electrons. The maximum Gasteiger partial charge on any atom is 0.325 e. The molecule has 0 aliphatic carbocycles. The number of ether oxygens (including phenoxy) is 1. The Morgan fingerprint density at radius 2 is 2.00 bits per heavy atom. The molecule has 102 valence electrons. The summed E-state index contributed by atoms with van der Waals surface area (Å²) in [6, 6.07) is 3.68. The van der Waals surface area contributed by atoms with Gasteiger partial charge in [-0.15, -0.1) is 0 Å². The predicted molar refractivity (Wildman–Crippen MR) is 62.8 cm³/mol. The van der Waals surface area contributed by atoms with Gasteiger partial charge in [-0.05, 0) is 12.1 Å². The fourth-order valence-electron chi connectivity index (χ4n) is 1.59. The number of nitro groups is 1. The Morgan fingerprint density at radius 3 is 2.47 bits per heavy atom. The van der Waals surface area contributed by atoms with E-state index in [0.717, 1.165) is 28.6 Å². The normalized spacial score (nSPS) is 21.7. The first-order valence-electron chi connectivity index (χ1n) is 5.22. The Kier molecular flexibility index (Phi) is 3.25. The summed E-state index contributed by atoms with van der Waals surface area (Å²) in [5, 5.41) is 10.5. The van der Waals surface area contributed by atoms with E-state index < -0.39 is 27.0 Å². The van der Waals surface area contributed by atoms with E-state index in [0.29, 0.717) is 0 Å². The lowest BCUT2D eigenvalue weighted by molar-refractivity contribution is -0.384. The number of sulfonamides is 1. The molecule has 0 aromatic heterocycles. The number of hydrogen-bond acceptors (Lipinski definition) is 6. The first-order valence-corrected chi connectivity index (χ1v) is 6.66. The zero-order valence-corrected chi connectivity index (χ0v) is 10.7. The highest BCUT2D eigenvalue weighted by atomic mass is 32.2. The average molecular weight is 286 g/mol. The van der Waals surface area contributed by atoms with Crippen LogP contribution in [-0.2, 0) is 19.6 Å². The minimum absolute atomic E-state index is 0.0615. The van der Waals surface area contributed by atoms with Crippen LogP contribution in [0.15, 0.2) is 29.2 Å². The van der Waals surface area contributed by atoms with Crippen molar-refractivity contribution in [2.45, 2.75) is 10.9 Å². The van der Waals surface area contributed by atoms with E-state index in [-0.39, 0.29) is 17.1 Å². The molecule has 2 rings (SSSR count). The van der Waals surface area contributed by atoms with Crippen LogP contribution in [0.4, 0.5) is 5.69 Å². The molecule has 1 aromatic rings. The number of methoxy groups -OCH3 is 1. The lowest BCUT2D eigenvalue weighted by atomic mass is 10.3. The van der Waals surface area contributed by atoms with Crippen molar-refractivity contribution < 1.29 is 22.9 Å². The minimum Gasteiger partial charge on any atom is -0.468 e. The van der Waals surface area contributed by atoms with Gasteiger partial charge < -0.3 is 4.74 Å². The van der Waals surface area contributed by atoms with Crippen molar-refractivity contribution in [3.63, 3.8) is 0 Å². The largest absolute Gasteiger partial charge is 0.468 e. The smallest absolute Gasteiger partial charge is 0.325 e. The highest BCUT2D eigenvalue weighted by molar-refractivity contribution is 7.89. The Morgan fingerprint density at radius 1 is 1.42 bits per heavy atom. The van der Waals surface area contributed by atoms with Crippen LogP contribution in [0.1, 0.15) is 0 Å². The Hall–Kier alpha value is -2.00. The zero-order valence-electron chi connectivity index (χ0n) is 9.85. The molecule has 1 heterocycles. The summed E-state index contributed by atoms with van der Waals surface area (Å²) in [6.07, 6.45) is 0. The number of carbonyl (C=O) groups is 1. The van der Waals surface area contributed by atoms with Crippen molar-refractivity contribution in [1.29, 1.82) is 0 Å². The lowest BCUT2D eigenvalue weighted by Gasteiger charge is -2.05. The highest BCUT2D eigenvalue weighted by Crippen LogP contribution is 2.29. The van der Waals surface area contributed by atoms with Gasteiger partial charge in [0.25, 0.3) is 5.69 Å². The third-order valence-corrected chi connectivity index (χ3v) is 4.58. The molecule has 1 saturated heterocycles. The second-order valence-electron chi connectivity index (χ2n) is 3.86. The first-order chi connectivity index (χ1) is 8.87. The molecule has 0 saturated carbocycles. The number of non-ortho nitro benzene ring substituents is 1. The predicted octanol–water partition coefficient (Wildman–Crippen LogP) is 0.141. The maximum absolute atomic E-state index is 12.1. The Labute approximate surface area is 108 Å². The summed E-state index contributed by atoms with van der Waals surface area (Å²) < 4.78 is 29.5. The second kappa shape index (κ2) is 4.59. The van der Waals surface area contributed by atoms with E-state index in [2.05, 4.69) is 4.74 Å². The molecule has 9 heteroatoms. The number of nitrogens with zero attached hydrogens (tertiary/aromatic N) is 2. The third-order valence-electron chi connectivity index (χ3n) is 2.69. The van der Waals surface area contributed by atoms with E-state index in [1.807, 2.05) is 0 Å². The Bertz CT molecular complexity index is 624. The summed E-state index contributed by atoms with van der Waals surface area (Å²) in [6.45, 7) is 0.0615. The molecule has 8 nitrogen and oxygen atoms in total. The van der Waals surface area contributed by atoms with Crippen molar-refractivity contribution in [2.75, 3.05) is 13.7 Å². The number of esters is 1. The molecule has 1 aliphatic heterocycles. The van der Waals surface area contributed by atoms with Gasteiger partial charge in [0.15, 0.2) is 0 Å². The molecule has 0 amide bonds. The molecule has 0 N–H and O–H groups in total. The topological polar surface area (TPSA) is 107 Å². The van der Waals surface area contributed by atoms with Gasteiger partial charge >= 0.3 is 5.97 Å². The number of rotatable bonds is 4. The molecule has 1 aromatic carbocycles. The van der Waals surface area contributed by atoms with Crippen molar-refractivity contribution in [3.05, 3.63) is 34.4 Å². The van der Waals surface area contributed by atoms with Gasteiger partial charge in [0.2, 0.25) is 10.0 Å². The van der Waals surface area contributed by atoms with Gasteiger partial charge in [0.05, 0.1) is 16.9 Å². The monoisotopic (exact) mass is 286 g/mol. The molecule has 2 atom stereocenters. The fourth-order valence-corrected chi connectivity index (χ4v) is 3.10. The molecule has 1 aliphatic rings. The van der Waals surface area contributed by atoms with Crippen LogP contribution < -0.4 is 0 Å². The van der Waals surface area contributed by atoms with Crippen molar-refractivity contribution in [1.82, 2.24) is 4.31 Å². The second-order valence-corrected chi connectivity index (χ2v) is 5.76. The minimum atomic E-state index is -3.80. The number of nitro benzene ring substituents is 1. The summed E-state index contributed by atoms with van der Waals surface area (Å²) in [5.74, 6) is -0.620. The van der Waals surface area contributed by atoms with Crippen molar-refractivity contribution in [2.24, 2.45) is 0 Å². The molecular weight excluding hydrogens is 276 g/mol. The van der Waals surface area contributed by atoms with Crippen molar-refractivity contribution in [3.8, 4) is 0 Å². The van der Waals surface area contributed by atoms with E-state index >= 15 is 0 Å². The van der Waals surface area contributed by atoms with Gasteiger partial charge in [-0.2, -0.15) is 4.31 Å². The van der Waals surface area contributed by atoms with Crippen LogP contribution in [0.5, 0.6) is 0 Å². The number of benzene rings is 1. The van der Waals surface area contributed by atoms with Crippen LogP contribution in [0.25, 0.3) is 0 Å². The highest BCUT2D eigenvalue weighted by Gasteiger charge is 2.50. The number of carbonyl (C=O) groups excluding carboxylic acids is 1. The van der Waals surface area contributed by atoms with Crippen LogP contribution in [0.3, 0.4) is 0 Å². The quantitative estimate of drug-likeness (QED) is 0.337. The van der Waals surface area contributed by atoms with Crippen molar-refractivity contribution >= 4 is 21.7 Å². The van der Waals surface area contributed by atoms with E-state index in [1.54, 1.807) is 0 Å². The third kappa shape index (κ3) is 2.42. The number of hydrogen-bond donors (Lipinski definition) is 0. The molecule has 1 unspecified atom stereocenters. The van der Waals surface area contributed by atoms with Crippen LogP contribution in [0, 0.1) is 10.1 Å². The molecular formula is C10H10N2O6S. The van der Waals surface area contributed by atoms with Gasteiger partial charge in [-0.1, -0.05) is 0 Å². The average Bonchev–Trinajstić information content (AvgIpc) is 3.18. The molecule has 19 heavy (non-hydrogen) atoms. The summed E-state index contributed by atoms with van der Waals surface area (Å²) in [5.41, 5.74) is -0.200. The lowest BCUT2D eigenvalue weighted by Crippen LogP contribution is -2.20. The van der Waals surface area contributed by atoms with Gasteiger partial charge in [0.1, 0.15) is 6.04 Å². The maximum atomic E-state index is 12.1. The summed E-state index contributed by atoms with van der Waals surface area (Å²) in [4.78, 5) is 20.9. The first kappa shape index (κ1) is 13.4. The summed E-state index contributed by atoms with van der Waals surface area (Å²) in [7, 11) is -2.62. The van der Waals surface area contributed by atoms with Gasteiger partial charge in [0, 0.05) is 18.7 Å². The SMILES string of the molecule is COC(=O)[C@H]1CN1S(=O)(=O)c1ccc([N+](=O)[O-])cc1. The van der Waals surface area contributed by atoms with Gasteiger partial charge in [-0.25, -0.2) is 8.42 Å².